The highest BCUT2D eigenvalue weighted by Crippen LogP contribution is 2.46. The Morgan fingerprint density at radius 2 is 2.12 bits per heavy atom. The van der Waals surface area contributed by atoms with E-state index in [1.807, 2.05) is 31.2 Å². The minimum absolute atomic E-state index is 0.124. The molecule has 6 rings (SSSR count). The van der Waals surface area contributed by atoms with Gasteiger partial charge in [0, 0.05) is 36.6 Å². The number of aliphatic carboxylic acids is 1. The summed E-state index contributed by atoms with van der Waals surface area (Å²) in [7, 11) is 0. The monoisotopic (exact) mass is 470 g/mol. The number of nitrogens with zero attached hydrogens (tertiary/aromatic N) is 2. The molecule has 8 nitrogen and oxygen atoms in total. The Hall–Kier alpha value is -2.81. The maximum Gasteiger partial charge on any atom is 0.326 e. The molecule has 3 atom stereocenters. The van der Waals surface area contributed by atoms with Crippen LogP contribution in [0.4, 0.5) is 10.5 Å². The number of fused-ring (bicyclic) bond motifs is 3. The summed E-state index contributed by atoms with van der Waals surface area (Å²) in [4.78, 5) is 29.1. The highest BCUT2D eigenvalue weighted by Gasteiger charge is 2.59. The Balaban J connectivity index is 1.33. The van der Waals surface area contributed by atoms with Crippen LogP contribution >= 0.6 is 11.6 Å². The summed E-state index contributed by atoms with van der Waals surface area (Å²) in [5.74, 6) is -1.95. The number of nitrogens with one attached hydrogen (secondary N) is 2. The normalized spacial score (nSPS) is 24.8. The number of hydrogen-bond donors (Lipinski definition) is 3. The number of carboxylic acid groups (broad SMARTS) is 1. The zero-order chi connectivity index (χ0) is 23.2. The summed E-state index contributed by atoms with van der Waals surface area (Å²) in [6.45, 7) is 3.57. The van der Waals surface area contributed by atoms with Crippen molar-refractivity contribution in [2.24, 2.45) is 0 Å². The average Bonchev–Trinajstić information content (AvgIpc) is 2.79. The number of anilines is 1. The molecule has 0 aromatic heterocycles. The first-order valence-corrected chi connectivity index (χ1v) is 11.5. The lowest BCUT2D eigenvalue weighted by Gasteiger charge is -2.62. The number of benzene rings is 2. The van der Waals surface area contributed by atoms with Crippen LogP contribution in [0.5, 0.6) is 0 Å². The van der Waals surface area contributed by atoms with Crippen LogP contribution in [-0.2, 0) is 22.5 Å². The van der Waals surface area contributed by atoms with Gasteiger partial charge in [0.1, 0.15) is 6.04 Å². The van der Waals surface area contributed by atoms with Gasteiger partial charge in [0.15, 0.2) is 0 Å². The van der Waals surface area contributed by atoms with Gasteiger partial charge in [0.05, 0.1) is 12.8 Å². The van der Waals surface area contributed by atoms with Crippen molar-refractivity contribution in [1.29, 1.82) is 0 Å². The van der Waals surface area contributed by atoms with E-state index in [0.717, 1.165) is 28.8 Å². The van der Waals surface area contributed by atoms with Crippen LogP contribution in [0, 0.1) is 6.92 Å². The topological polar surface area (TPSA) is 94.1 Å². The molecule has 4 aliphatic heterocycles. The molecule has 9 heteroatoms. The summed E-state index contributed by atoms with van der Waals surface area (Å²) in [6.07, 6.45) is 1.74. The number of halogens is 1. The second kappa shape index (κ2) is 8.52. The maximum absolute atomic E-state index is 13.4. The first kappa shape index (κ1) is 22.0. The largest absolute Gasteiger partial charge is 0.480 e. The molecular weight excluding hydrogens is 444 g/mol. The quantitative estimate of drug-likeness (QED) is 0.620. The molecule has 3 fully saturated rings. The van der Waals surface area contributed by atoms with E-state index in [9.17, 15) is 14.7 Å². The predicted octanol–water partition coefficient (Wildman–Crippen LogP) is 3.39. The van der Waals surface area contributed by atoms with Gasteiger partial charge in [0.25, 0.3) is 0 Å². The van der Waals surface area contributed by atoms with E-state index in [1.165, 1.54) is 0 Å². The van der Waals surface area contributed by atoms with Gasteiger partial charge >= 0.3 is 12.0 Å². The Kier molecular flexibility index (Phi) is 5.68. The van der Waals surface area contributed by atoms with E-state index in [2.05, 4.69) is 21.6 Å². The van der Waals surface area contributed by atoms with Gasteiger partial charge in [-0.2, -0.15) is 0 Å². The van der Waals surface area contributed by atoms with Crippen molar-refractivity contribution in [2.75, 3.05) is 18.5 Å². The molecule has 0 aliphatic carbocycles. The third-order valence-electron chi connectivity index (χ3n) is 6.78. The van der Waals surface area contributed by atoms with E-state index in [4.69, 9.17) is 16.3 Å². The zero-order valence-electron chi connectivity index (χ0n) is 18.4. The second-order valence-corrected chi connectivity index (χ2v) is 9.35. The molecule has 4 aliphatic rings. The maximum atomic E-state index is 13.4. The smallest absolute Gasteiger partial charge is 0.326 e. The van der Waals surface area contributed by atoms with Crippen molar-refractivity contribution in [3.8, 4) is 0 Å². The van der Waals surface area contributed by atoms with Crippen LogP contribution in [0.25, 0.3) is 0 Å². The van der Waals surface area contributed by atoms with E-state index >= 15 is 0 Å². The standard InChI is InChI=1S/C24H27ClN4O4/c1-15-10-16(6-7-19(15)25)11-21(22(30)31)27-23(32)29-9-8-18-12-24(29,33-18)28-13-17-4-2-3-5-20(17)26-14-28/h2-7,10,18,21,26H,8-9,11-14H2,1H3,(H,27,32)(H,30,31). The molecule has 2 aromatic rings. The second-order valence-electron chi connectivity index (χ2n) is 8.95. The first-order chi connectivity index (χ1) is 15.9. The molecule has 0 radical (unpaired) electrons. The van der Waals surface area contributed by atoms with E-state index in [0.29, 0.717) is 31.2 Å². The van der Waals surface area contributed by atoms with Crippen LogP contribution in [0.1, 0.15) is 29.5 Å². The van der Waals surface area contributed by atoms with Crippen LogP contribution in [0.2, 0.25) is 5.02 Å². The molecular formula is C24H27ClN4O4. The average molecular weight is 471 g/mol. The predicted molar refractivity (Wildman–Crippen MR) is 124 cm³/mol. The minimum Gasteiger partial charge on any atom is -0.480 e. The molecule has 0 saturated carbocycles. The Bertz CT molecular complexity index is 1090. The molecule has 2 amide bonds. The lowest BCUT2D eigenvalue weighted by molar-refractivity contribution is -0.365. The number of aryl methyl sites for hydroxylation is 1. The van der Waals surface area contributed by atoms with Crippen molar-refractivity contribution in [1.82, 2.24) is 15.1 Å². The number of carbonyl (C=O) groups is 2. The van der Waals surface area contributed by atoms with Gasteiger partial charge in [-0.05, 0) is 42.2 Å². The number of carbonyl (C=O) groups excluding carboxylic acids is 1. The Labute approximate surface area is 197 Å². The first-order valence-electron chi connectivity index (χ1n) is 11.2. The van der Waals surface area contributed by atoms with E-state index < -0.39 is 23.9 Å². The van der Waals surface area contributed by atoms with Crippen LogP contribution < -0.4 is 10.6 Å². The summed E-state index contributed by atoms with van der Waals surface area (Å²) in [5, 5.41) is 16.6. The van der Waals surface area contributed by atoms with Crippen LogP contribution in [-0.4, -0.2) is 58.1 Å². The van der Waals surface area contributed by atoms with Crippen LogP contribution in [0.15, 0.2) is 42.5 Å². The lowest BCUT2D eigenvalue weighted by Crippen LogP contribution is -2.77. The Morgan fingerprint density at radius 3 is 2.88 bits per heavy atom. The SMILES string of the molecule is Cc1cc(CC(NC(=O)N2CCC3CC2(N2CNc4ccccc4C2)O3)C(=O)O)ccc1Cl. The molecule has 33 heavy (non-hydrogen) atoms. The molecule has 4 heterocycles. The number of urea groups is 1. The summed E-state index contributed by atoms with van der Waals surface area (Å²) >= 11 is 6.09. The summed E-state index contributed by atoms with van der Waals surface area (Å²) in [6, 6.07) is 12.0. The van der Waals surface area contributed by atoms with Gasteiger partial charge < -0.3 is 20.5 Å². The number of hydrogen-bond acceptors (Lipinski definition) is 5. The number of amides is 2. The van der Waals surface area contributed by atoms with Gasteiger partial charge in [-0.15, -0.1) is 0 Å². The van der Waals surface area contributed by atoms with E-state index in [-0.39, 0.29) is 12.5 Å². The fourth-order valence-electron chi connectivity index (χ4n) is 4.99. The zero-order valence-corrected chi connectivity index (χ0v) is 19.1. The fourth-order valence-corrected chi connectivity index (χ4v) is 5.10. The van der Waals surface area contributed by atoms with Crippen molar-refractivity contribution in [3.05, 3.63) is 64.2 Å². The molecule has 0 spiro atoms. The number of para-hydroxylation sites is 1. The van der Waals surface area contributed by atoms with Gasteiger partial charge in [-0.3, -0.25) is 4.90 Å². The lowest BCUT2D eigenvalue weighted by atomic mass is 9.93. The van der Waals surface area contributed by atoms with Crippen LogP contribution in [0.3, 0.4) is 0 Å². The van der Waals surface area contributed by atoms with Crippen molar-refractivity contribution in [2.45, 2.75) is 50.7 Å². The molecule has 3 N–H and O–H groups in total. The minimum atomic E-state index is -1.08. The third-order valence-corrected chi connectivity index (χ3v) is 7.21. The molecule has 3 saturated heterocycles. The van der Waals surface area contributed by atoms with Gasteiger partial charge in [0.2, 0.25) is 5.85 Å². The summed E-state index contributed by atoms with van der Waals surface area (Å²) < 4.78 is 6.23. The highest BCUT2D eigenvalue weighted by molar-refractivity contribution is 6.31. The molecule has 174 valence electrons. The third kappa shape index (κ3) is 4.03. The molecule has 2 aromatic carbocycles. The van der Waals surface area contributed by atoms with Gasteiger partial charge in [-0.25, -0.2) is 14.5 Å². The molecule has 2 bridgehead atoms. The molecule has 3 unspecified atom stereocenters. The highest BCUT2D eigenvalue weighted by atomic mass is 35.5. The van der Waals surface area contributed by atoms with Crippen molar-refractivity contribution in [3.63, 3.8) is 0 Å². The number of carboxylic acids is 1. The van der Waals surface area contributed by atoms with E-state index in [1.54, 1.807) is 17.0 Å². The number of ether oxygens (including phenoxy) is 1. The number of rotatable bonds is 5. The number of piperidine rings is 1. The van der Waals surface area contributed by atoms with Crippen molar-refractivity contribution >= 4 is 29.3 Å². The van der Waals surface area contributed by atoms with Gasteiger partial charge in [-0.1, -0.05) is 41.9 Å². The Morgan fingerprint density at radius 1 is 1.33 bits per heavy atom. The van der Waals surface area contributed by atoms with Crippen molar-refractivity contribution < 1.29 is 19.4 Å². The summed E-state index contributed by atoms with van der Waals surface area (Å²) in [5.41, 5.74) is 3.89. The fraction of sp³-hybridized carbons (Fsp3) is 0.417.